The monoisotopic (exact) mass is 414 g/mol. The fourth-order valence-corrected chi connectivity index (χ4v) is 3.79. The van der Waals surface area contributed by atoms with Crippen molar-refractivity contribution in [3.05, 3.63) is 78.9 Å². The number of aromatic nitrogens is 2. The van der Waals surface area contributed by atoms with Gasteiger partial charge in [0.25, 0.3) is 5.91 Å². The molecule has 0 spiro atoms. The summed E-state index contributed by atoms with van der Waals surface area (Å²) in [5, 5.41) is 2.84. The van der Waals surface area contributed by atoms with Crippen LogP contribution in [0.25, 0.3) is 16.7 Å². The summed E-state index contributed by atoms with van der Waals surface area (Å²) in [4.78, 5) is 23.6. The summed E-state index contributed by atoms with van der Waals surface area (Å²) in [5.41, 5.74) is 8.00. The number of pyridine rings is 2. The second-order valence-corrected chi connectivity index (χ2v) is 7.64. The number of nitrogen functional groups attached to an aromatic ring is 1. The lowest BCUT2D eigenvalue weighted by atomic mass is 9.97. The van der Waals surface area contributed by atoms with E-state index in [-0.39, 0.29) is 5.91 Å². The van der Waals surface area contributed by atoms with Crippen LogP contribution in [0.2, 0.25) is 0 Å². The molecule has 1 aliphatic heterocycles. The summed E-state index contributed by atoms with van der Waals surface area (Å²) in [5.74, 6) is 5.39. The number of hydrazine groups is 1. The molecule has 31 heavy (non-hydrogen) atoms. The van der Waals surface area contributed by atoms with Crippen LogP contribution in [0.1, 0.15) is 24.0 Å². The molecule has 1 aromatic carbocycles. The number of carbonyl (C=O) groups excluding carboxylic acids is 1. The van der Waals surface area contributed by atoms with Gasteiger partial charge in [0, 0.05) is 53.7 Å². The average Bonchev–Trinajstić information content (AvgIpc) is 3.32. The first kappa shape index (κ1) is 20.7. The highest BCUT2D eigenvalue weighted by atomic mass is 16.1. The Morgan fingerprint density at radius 1 is 1.03 bits per heavy atom. The minimum atomic E-state index is -0.305. The molecule has 0 atom stereocenters. The van der Waals surface area contributed by atoms with E-state index in [1.54, 1.807) is 24.5 Å². The van der Waals surface area contributed by atoms with E-state index < -0.39 is 0 Å². The van der Waals surface area contributed by atoms with Gasteiger partial charge >= 0.3 is 0 Å². The zero-order chi connectivity index (χ0) is 21.6. The SMILES string of the molecule is C=C(C(=O)Nc1ccncc1)c1cc(-c2cncc(CN3CCCC3)c2)ccc1NN. The number of likely N-dealkylation sites (tertiary alicyclic amines) is 1. The molecule has 3 heterocycles. The van der Waals surface area contributed by atoms with Gasteiger partial charge in [0.2, 0.25) is 0 Å². The molecular formula is C24H26N6O. The van der Waals surface area contributed by atoms with E-state index in [1.165, 1.54) is 18.4 Å². The van der Waals surface area contributed by atoms with Crippen molar-refractivity contribution in [3.8, 4) is 11.1 Å². The maximum Gasteiger partial charge on any atom is 0.255 e. The van der Waals surface area contributed by atoms with Crippen LogP contribution in [0.4, 0.5) is 11.4 Å². The maximum atomic E-state index is 12.8. The third-order valence-electron chi connectivity index (χ3n) is 5.45. The Morgan fingerprint density at radius 3 is 2.55 bits per heavy atom. The Bertz CT molecular complexity index is 1080. The van der Waals surface area contributed by atoms with E-state index in [1.807, 2.05) is 30.6 Å². The number of nitrogens with two attached hydrogens (primary N) is 1. The molecule has 0 bridgehead atoms. The summed E-state index contributed by atoms with van der Waals surface area (Å²) >= 11 is 0. The molecule has 0 unspecified atom stereocenters. The number of benzene rings is 1. The lowest BCUT2D eigenvalue weighted by molar-refractivity contribution is -0.111. The Balaban J connectivity index is 1.58. The van der Waals surface area contributed by atoms with Gasteiger partial charge < -0.3 is 10.7 Å². The fraction of sp³-hybridized carbons (Fsp3) is 0.208. The van der Waals surface area contributed by atoms with Gasteiger partial charge in [-0.25, -0.2) is 0 Å². The maximum absolute atomic E-state index is 12.8. The Hall–Kier alpha value is -3.55. The molecule has 4 rings (SSSR count). The van der Waals surface area contributed by atoms with Crippen LogP contribution in [0.5, 0.6) is 0 Å². The van der Waals surface area contributed by atoms with Crippen molar-refractivity contribution in [2.45, 2.75) is 19.4 Å². The van der Waals surface area contributed by atoms with Crippen molar-refractivity contribution in [2.75, 3.05) is 23.8 Å². The van der Waals surface area contributed by atoms with Crippen molar-refractivity contribution < 1.29 is 4.79 Å². The van der Waals surface area contributed by atoms with E-state index in [4.69, 9.17) is 5.84 Å². The number of rotatable bonds is 7. The van der Waals surface area contributed by atoms with Crippen LogP contribution < -0.4 is 16.6 Å². The molecule has 0 radical (unpaired) electrons. The molecule has 2 aromatic heterocycles. The highest BCUT2D eigenvalue weighted by Crippen LogP contribution is 2.30. The standard InChI is InChI=1S/C24H26N6O/c1-17(24(31)28-21-6-8-26-9-7-21)22-13-19(4-5-23(22)29-25)20-12-18(14-27-15-20)16-30-10-2-3-11-30/h4-9,12-15,29H,1-3,10-11,16,25H2,(H,26,28,31). The quantitative estimate of drug-likeness (QED) is 0.310. The van der Waals surface area contributed by atoms with Crippen molar-refractivity contribution in [1.82, 2.24) is 14.9 Å². The van der Waals surface area contributed by atoms with Gasteiger partial charge in [-0.3, -0.25) is 25.5 Å². The topological polar surface area (TPSA) is 96.2 Å². The average molecular weight is 415 g/mol. The molecule has 1 saturated heterocycles. The van der Waals surface area contributed by atoms with Crippen LogP contribution >= 0.6 is 0 Å². The summed E-state index contributed by atoms with van der Waals surface area (Å²) < 4.78 is 0. The van der Waals surface area contributed by atoms with E-state index in [9.17, 15) is 4.79 Å². The molecule has 4 N–H and O–H groups in total. The number of hydrogen-bond acceptors (Lipinski definition) is 6. The van der Waals surface area contributed by atoms with Crippen LogP contribution in [0.15, 0.2) is 67.8 Å². The molecule has 3 aromatic rings. The summed E-state index contributed by atoms with van der Waals surface area (Å²) in [6.45, 7) is 7.18. The number of amides is 1. The zero-order valence-electron chi connectivity index (χ0n) is 17.3. The first-order valence-corrected chi connectivity index (χ1v) is 10.3. The molecule has 1 aliphatic rings. The molecule has 1 fully saturated rings. The Kier molecular flexibility index (Phi) is 6.35. The number of hydrogen-bond donors (Lipinski definition) is 3. The third kappa shape index (κ3) is 4.96. The van der Waals surface area contributed by atoms with E-state index in [2.05, 4.69) is 38.3 Å². The summed E-state index contributed by atoms with van der Waals surface area (Å²) in [7, 11) is 0. The zero-order valence-corrected chi connectivity index (χ0v) is 17.3. The molecular weight excluding hydrogens is 388 g/mol. The minimum absolute atomic E-state index is 0.305. The van der Waals surface area contributed by atoms with Crippen LogP contribution in [0, 0.1) is 0 Å². The Labute approximate surface area is 182 Å². The molecule has 1 amide bonds. The summed E-state index contributed by atoms with van der Waals surface area (Å²) in [6.07, 6.45) is 9.50. The van der Waals surface area contributed by atoms with Crippen molar-refractivity contribution in [1.29, 1.82) is 0 Å². The van der Waals surface area contributed by atoms with E-state index in [0.29, 0.717) is 22.5 Å². The van der Waals surface area contributed by atoms with Gasteiger partial charge in [-0.15, -0.1) is 0 Å². The van der Waals surface area contributed by atoms with Gasteiger partial charge in [0.1, 0.15) is 0 Å². The fourth-order valence-electron chi connectivity index (χ4n) is 3.79. The number of nitrogens with zero attached hydrogens (tertiary/aromatic N) is 3. The predicted molar refractivity (Wildman–Crippen MR) is 124 cm³/mol. The van der Waals surface area contributed by atoms with Gasteiger partial charge in [0.05, 0.1) is 5.69 Å². The largest absolute Gasteiger partial charge is 0.324 e. The Morgan fingerprint density at radius 2 is 1.81 bits per heavy atom. The third-order valence-corrected chi connectivity index (χ3v) is 5.45. The van der Waals surface area contributed by atoms with Crippen LogP contribution in [0.3, 0.4) is 0 Å². The van der Waals surface area contributed by atoms with Crippen LogP contribution in [-0.4, -0.2) is 33.9 Å². The number of nitrogens with one attached hydrogen (secondary N) is 2. The molecule has 0 aliphatic carbocycles. The number of carbonyl (C=O) groups is 1. The van der Waals surface area contributed by atoms with Gasteiger partial charge in [-0.2, -0.15) is 0 Å². The number of anilines is 2. The second-order valence-electron chi connectivity index (χ2n) is 7.64. The molecule has 7 nitrogen and oxygen atoms in total. The van der Waals surface area contributed by atoms with Gasteiger partial charge in [-0.05, 0) is 67.4 Å². The first-order chi connectivity index (χ1) is 15.1. The first-order valence-electron chi connectivity index (χ1n) is 10.3. The molecule has 158 valence electrons. The highest BCUT2D eigenvalue weighted by molar-refractivity contribution is 6.25. The summed E-state index contributed by atoms with van der Waals surface area (Å²) in [6, 6.07) is 11.3. The smallest absolute Gasteiger partial charge is 0.255 e. The normalized spacial score (nSPS) is 13.7. The van der Waals surface area contributed by atoms with Gasteiger partial charge in [0.15, 0.2) is 0 Å². The second kappa shape index (κ2) is 9.51. The van der Waals surface area contributed by atoms with Crippen molar-refractivity contribution in [2.24, 2.45) is 5.84 Å². The molecule has 0 saturated carbocycles. The van der Waals surface area contributed by atoms with Gasteiger partial charge in [-0.1, -0.05) is 12.6 Å². The van der Waals surface area contributed by atoms with Crippen LogP contribution in [-0.2, 0) is 11.3 Å². The van der Waals surface area contributed by atoms with Crippen molar-refractivity contribution in [3.63, 3.8) is 0 Å². The van der Waals surface area contributed by atoms with E-state index >= 15 is 0 Å². The predicted octanol–water partition coefficient (Wildman–Crippen LogP) is 3.68. The molecule has 7 heteroatoms. The minimum Gasteiger partial charge on any atom is -0.324 e. The lowest BCUT2D eigenvalue weighted by Crippen LogP contribution is -2.18. The van der Waals surface area contributed by atoms with E-state index in [0.717, 1.165) is 30.8 Å². The van der Waals surface area contributed by atoms with Crippen molar-refractivity contribution >= 4 is 22.9 Å². The lowest BCUT2D eigenvalue weighted by Gasteiger charge is -2.16. The highest BCUT2D eigenvalue weighted by Gasteiger charge is 2.16.